The molecule has 9 heteroatoms. The summed E-state index contributed by atoms with van der Waals surface area (Å²) >= 11 is 0. The zero-order valence-electron chi connectivity index (χ0n) is 14.8. The van der Waals surface area contributed by atoms with E-state index in [1.807, 2.05) is 30.3 Å². The molecule has 2 aromatic rings. The van der Waals surface area contributed by atoms with E-state index >= 15 is 0 Å². The number of nitrogens with two attached hydrogens (primary N) is 1. The molecule has 0 aliphatic carbocycles. The second-order valence-corrected chi connectivity index (χ2v) is 8.14. The fourth-order valence-corrected chi connectivity index (χ4v) is 4.72. The number of esters is 1. The van der Waals surface area contributed by atoms with Crippen molar-refractivity contribution in [2.45, 2.75) is 10.8 Å². The van der Waals surface area contributed by atoms with Gasteiger partial charge in [-0.3, -0.25) is 0 Å². The van der Waals surface area contributed by atoms with Crippen molar-refractivity contribution in [2.75, 3.05) is 26.7 Å². The van der Waals surface area contributed by atoms with E-state index in [9.17, 15) is 13.2 Å². The van der Waals surface area contributed by atoms with Crippen molar-refractivity contribution in [3.05, 3.63) is 59.9 Å². The quantitative estimate of drug-likeness (QED) is 0.750. The molecule has 0 unspecified atom stereocenters. The molecule has 0 spiro atoms. The number of benzene rings is 1. The minimum Gasteiger partial charge on any atom is -0.464 e. The van der Waals surface area contributed by atoms with Crippen molar-refractivity contribution < 1.29 is 17.9 Å². The summed E-state index contributed by atoms with van der Waals surface area (Å²) in [7, 11) is -2.46. The van der Waals surface area contributed by atoms with E-state index in [-0.39, 0.29) is 34.8 Å². The van der Waals surface area contributed by atoms with Gasteiger partial charge in [-0.15, -0.1) is 12.4 Å². The Morgan fingerprint density at radius 3 is 2.48 bits per heavy atom. The Kier molecular flexibility index (Phi) is 6.94. The maximum Gasteiger partial charge on any atom is 0.356 e. The van der Waals surface area contributed by atoms with Crippen molar-refractivity contribution >= 4 is 28.4 Å². The number of nitrogens with zero attached hydrogens (tertiary/aromatic N) is 2. The van der Waals surface area contributed by atoms with Gasteiger partial charge in [-0.2, -0.15) is 4.31 Å². The largest absolute Gasteiger partial charge is 0.464 e. The minimum absolute atomic E-state index is 0. The van der Waals surface area contributed by atoms with Gasteiger partial charge in [-0.1, -0.05) is 30.3 Å². The molecular formula is C18H22ClN3O4S. The highest BCUT2D eigenvalue weighted by Gasteiger charge is 2.39. The lowest BCUT2D eigenvalue weighted by atomic mass is 9.89. The number of sulfonamides is 1. The first-order valence-electron chi connectivity index (χ1n) is 8.27. The first kappa shape index (κ1) is 21.3. The van der Waals surface area contributed by atoms with Gasteiger partial charge in [0.25, 0.3) is 0 Å². The SMILES string of the molecule is COC(=O)c1ccc(S(=O)(=O)N2C[C@@H](CN)[C@H](c3ccccc3)C2)cn1.Cl. The number of pyridine rings is 1. The van der Waals surface area contributed by atoms with Crippen LogP contribution in [0.4, 0.5) is 0 Å². The summed E-state index contributed by atoms with van der Waals surface area (Å²) < 4.78 is 31.9. The summed E-state index contributed by atoms with van der Waals surface area (Å²) in [6.45, 7) is 1.13. The molecule has 1 saturated heterocycles. The lowest BCUT2D eigenvalue weighted by Gasteiger charge is -2.17. The van der Waals surface area contributed by atoms with Gasteiger partial charge in [-0.25, -0.2) is 18.2 Å². The zero-order valence-corrected chi connectivity index (χ0v) is 16.4. The lowest BCUT2D eigenvalue weighted by Crippen LogP contribution is -2.30. The smallest absolute Gasteiger partial charge is 0.356 e. The number of methoxy groups -OCH3 is 1. The summed E-state index contributed by atoms with van der Waals surface area (Å²) in [6.07, 6.45) is 1.19. The first-order chi connectivity index (χ1) is 12.5. The Balaban J connectivity index is 0.00000261. The molecule has 27 heavy (non-hydrogen) atoms. The third kappa shape index (κ3) is 4.30. The molecule has 2 N–H and O–H groups in total. The fourth-order valence-electron chi connectivity index (χ4n) is 3.25. The molecule has 7 nitrogen and oxygen atoms in total. The van der Waals surface area contributed by atoms with Gasteiger partial charge in [0.15, 0.2) is 0 Å². The van der Waals surface area contributed by atoms with E-state index in [4.69, 9.17) is 5.73 Å². The van der Waals surface area contributed by atoms with Crippen molar-refractivity contribution in [1.29, 1.82) is 0 Å². The maximum atomic E-state index is 13.0. The fraction of sp³-hybridized carbons (Fsp3) is 0.333. The average molecular weight is 412 g/mol. The van der Waals surface area contributed by atoms with Gasteiger partial charge in [0.1, 0.15) is 10.6 Å². The predicted octanol–water partition coefficient (Wildman–Crippen LogP) is 1.65. The number of hydrogen-bond acceptors (Lipinski definition) is 6. The molecule has 1 fully saturated rings. The van der Waals surface area contributed by atoms with Crippen LogP contribution >= 0.6 is 12.4 Å². The normalized spacial score (nSPS) is 20.1. The average Bonchev–Trinajstić information content (AvgIpc) is 3.13. The van der Waals surface area contributed by atoms with Crippen molar-refractivity contribution in [1.82, 2.24) is 9.29 Å². The number of rotatable bonds is 5. The Morgan fingerprint density at radius 2 is 1.93 bits per heavy atom. The minimum atomic E-state index is -3.71. The molecule has 146 valence electrons. The van der Waals surface area contributed by atoms with Gasteiger partial charge in [-0.05, 0) is 30.2 Å². The molecule has 1 aliphatic heterocycles. The number of carbonyl (C=O) groups excluding carboxylic acids is 1. The van der Waals surface area contributed by atoms with Gasteiger partial charge >= 0.3 is 5.97 Å². The third-order valence-corrected chi connectivity index (χ3v) is 6.52. The van der Waals surface area contributed by atoms with Gasteiger partial charge < -0.3 is 10.5 Å². The Labute approximate surface area is 165 Å². The zero-order chi connectivity index (χ0) is 18.7. The number of halogens is 1. The van der Waals surface area contributed by atoms with Crippen LogP contribution in [0.1, 0.15) is 22.0 Å². The van der Waals surface area contributed by atoms with Crippen LogP contribution in [0.3, 0.4) is 0 Å². The molecule has 2 heterocycles. The number of ether oxygens (including phenoxy) is 1. The molecule has 0 bridgehead atoms. The summed E-state index contributed by atoms with van der Waals surface area (Å²) in [6, 6.07) is 12.5. The van der Waals surface area contributed by atoms with E-state index in [1.54, 1.807) is 0 Å². The lowest BCUT2D eigenvalue weighted by molar-refractivity contribution is 0.0594. The van der Waals surface area contributed by atoms with Gasteiger partial charge in [0.2, 0.25) is 10.0 Å². The van der Waals surface area contributed by atoms with E-state index in [2.05, 4.69) is 9.72 Å². The first-order valence-corrected chi connectivity index (χ1v) is 9.71. The standard InChI is InChI=1S/C18H21N3O4S.ClH/c1-25-18(22)17-8-7-15(10-20-17)26(23,24)21-11-14(9-19)16(12-21)13-5-3-2-4-6-13;/h2-8,10,14,16H,9,11-12,19H2,1H3;1H/t14-,16+;/m1./s1. The maximum absolute atomic E-state index is 13.0. The second-order valence-electron chi connectivity index (χ2n) is 6.21. The van der Waals surface area contributed by atoms with E-state index in [0.29, 0.717) is 19.6 Å². The Bertz CT molecular complexity index is 875. The number of carbonyl (C=O) groups is 1. The molecular weight excluding hydrogens is 390 g/mol. The highest BCUT2D eigenvalue weighted by atomic mass is 35.5. The summed E-state index contributed by atoms with van der Waals surface area (Å²) in [4.78, 5) is 15.4. The van der Waals surface area contributed by atoms with Crippen LogP contribution in [0.5, 0.6) is 0 Å². The van der Waals surface area contributed by atoms with Crippen LogP contribution in [-0.4, -0.2) is 50.4 Å². The number of hydrogen-bond donors (Lipinski definition) is 1. The van der Waals surface area contributed by atoms with E-state index in [0.717, 1.165) is 5.56 Å². The summed E-state index contributed by atoms with van der Waals surface area (Å²) in [5, 5.41) is 0. The summed E-state index contributed by atoms with van der Waals surface area (Å²) in [5.74, 6) is -0.504. The van der Waals surface area contributed by atoms with Crippen LogP contribution in [0.15, 0.2) is 53.6 Å². The topological polar surface area (TPSA) is 103 Å². The Morgan fingerprint density at radius 1 is 1.22 bits per heavy atom. The van der Waals surface area contributed by atoms with Crippen LogP contribution in [0.25, 0.3) is 0 Å². The monoisotopic (exact) mass is 411 g/mol. The van der Waals surface area contributed by atoms with Crippen LogP contribution in [0, 0.1) is 5.92 Å². The third-order valence-electron chi connectivity index (χ3n) is 4.71. The highest BCUT2D eigenvalue weighted by molar-refractivity contribution is 7.89. The van der Waals surface area contributed by atoms with Crippen molar-refractivity contribution in [3.63, 3.8) is 0 Å². The molecule has 1 aromatic carbocycles. The van der Waals surface area contributed by atoms with Crippen LogP contribution < -0.4 is 5.73 Å². The van der Waals surface area contributed by atoms with Crippen LogP contribution in [-0.2, 0) is 14.8 Å². The number of aromatic nitrogens is 1. The van der Waals surface area contributed by atoms with Gasteiger partial charge in [0.05, 0.1) is 7.11 Å². The molecule has 0 amide bonds. The molecule has 1 aromatic heterocycles. The molecule has 3 rings (SSSR count). The van der Waals surface area contributed by atoms with Crippen molar-refractivity contribution in [3.8, 4) is 0 Å². The molecule has 1 aliphatic rings. The van der Waals surface area contributed by atoms with Gasteiger partial charge in [0, 0.05) is 25.2 Å². The highest BCUT2D eigenvalue weighted by Crippen LogP contribution is 2.35. The van der Waals surface area contributed by atoms with E-state index in [1.165, 1.54) is 29.7 Å². The van der Waals surface area contributed by atoms with E-state index < -0.39 is 16.0 Å². The molecule has 2 atom stereocenters. The molecule has 0 radical (unpaired) electrons. The summed E-state index contributed by atoms with van der Waals surface area (Å²) in [5.41, 5.74) is 7.04. The van der Waals surface area contributed by atoms with Crippen LogP contribution in [0.2, 0.25) is 0 Å². The predicted molar refractivity (Wildman–Crippen MR) is 103 cm³/mol. The van der Waals surface area contributed by atoms with Crippen molar-refractivity contribution in [2.24, 2.45) is 11.7 Å². The Hall–Kier alpha value is -2.00. The second kappa shape index (κ2) is 8.79. The molecule has 0 saturated carbocycles.